The van der Waals surface area contributed by atoms with Crippen molar-refractivity contribution in [2.24, 2.45) is 0 Å². The van der Waals surface area contributed by atoms with Crippen LogP contribution in [-0.2, 0) is 4.74 Å². The molecular formula is C12H16FNO. The largest absolute Gasteiger partial charge is 0.371 e. The Morgan fingerprint density at radius 1 is 1.33 bits per heavy atom. The summed E-state index contributed by atoms with van der Waals surface area (Å²) < 4.78 is 19.2. The standard InChI is InChI=1S/C12H16FNO/c1-8-5-10(11(13)6-9(8)2)12-7-14-3-4-15-12/h5-6,12,14H,3-4,7H2,1-2H3. The number of morpholine rings is 1. The lowest BCUT2D eigenvalue weighted by atomic mass is 10.0. The van der Waals surface area contributed by atoms with Crippen LogP contribution in [0.2, 0.25) is 0 Å². The summed E-state index contributed by atoms with van der Waals surface area (Å²) in [6, 6.07) is 3.48. The molecule has 1 fully saturated rings. The van der Waals surface area contributed by atoms with Crippen LogP contribution in [-0.4, -0.2) is 19.7 Å². The number of hydrogen-bond acceptors (Lipinski definition) is 2. The van der Waals surface area contributed by atoms with Crippen LogP contribution < -0.4 is 5.32 Å². The molecule has 0 aliphatic carbocycles. The van der Waals surface area contributed by atoms with Gasteiger partial charge in [-0.1, -0.05) is 6.07 Å². The van der Waals surface area contributed by atoms with E-state index >= 15 is 0 Å². The molecule has 0 amide bonds. The average molecular weight is 209 g/mol. The number of halogens is 1. The second kappa shape index (κ2) is 4.29. The minimum absolute atomic E-state index is 0.141. The van der Waals surface area contributed by atoms with Gasteiger partial charge in [-0.15, -0.1) is 0 Å². The number of aryl methyl sites for hydroxylation is 2. The Morgan fingerprint density at radius 2 is 2.07 bits per heavy atom. The van der Waals surface area contributed by atoms with Crippen molar-refractivity contribution in [3.8, 4) is 0 Å². The van der Waals surface area contributed by atoms with Gasteiger partial charge in [-0.3, -0.25) is 0 Å². The van der Waals surface area contributed by atoms with E-state index in [-0.39, 0.29) is 11.9 Å². The molecule has 1 unspecified atom stereocenters. The third-order valence-electron chi connectivity index (χ3n) is 2.89. The van der Waals surface area contributed by atoms with Crippen LogP contribution in [0.25, 0.3) is 0 Å². The van der Waals surface area contributed by atoms with E-state index < -0.39 is 0 Å². The first-order chi connectivity index (χ1) is 7.18. The molecule has 1 aromatic carbocycles. The minimum Gasteiger partial charge on any atom is -0.371 e. The normalized spacial score (nSPS) is 21.7. The van der Waals surface area contributed by atoms with Crippen LogP contribution in [0.1, 0.15) is 22.8 Å². The first kappa shape index (κ1) is 10.6. The predicted molar refractivity (Wildman–Crippen MR) is 57.4 cm³/mol. The molecule has 3 heteroatoms. The van der Waals surface area contributed by atoms with E-state index in [9.17, 15) is 4.39 Å². The van der Waals surface area contributed by atoms with Gasteiger partial charge in [0.2, 0.25) is 0 Å². The number of ether oxygens (including phenoxy) is 1. The third-order valence-corrected chi connectivity index (χ3v) is 2.89. The molecule has 2 nitrogen and oxygen atoms in total. The number of hydrogen-bond donors (Lipinski definition) is 1. The highest BCUT2D eigenvalue weighted by atomic mass is 19.1. The van der Waals surface area contributed by atoms with Crippen molar-refractivity contribution in [3.05, 3.63) is 34.6 Å². The van der Waals surface area contributed by atoms with Gasteiger partial charge in [-0.2, -0.15) is 0 Å². The SMILES string of the molecule is Cc1cc(F)c(C2CNCCO2)cc1C. The number of nitrogens with one attached hydrogen (secondary N) is 1. The fourth-order valence-electron chi connectivity index (χ4n) is 1.82. The lowest BCUT2D eigenvalue weighted by Crippen LogP contribution is -2.33. The van der Waals surface area contributed by atoms with Crippen LogP contribution in [0.15, 0.2) is 12.1 Å². The topological polar surface area (TPSA) is 21.3 Å². The van der Waals surface area contributed by atoms with E-state index in [4.69, 9.17) is 4.74 Å². The average Bonchev–Trinajstić information content (AvgIpc) is 2.25. The fraction of sp³-hybridized carbons (Fsp3) is 0.500. The van der Waals surface area contributed by atoms with Gasteiger partial charge < -0.3 is 10.1 Å². The fourth-order valence-corrected chi connectivity index (χ4v) is 1.82. The van der Waals surface area contributed by atoms with Crippen LogP contribution in [0.5, 0.6) is 0 Å². The van der Waals surface area contributed by atoms with Crippen molar-refractivity contribution < 1.29 is 9.13 Å². The van der Waals surface area contributed by atoms with Crippen molar-refractivity contribution in [1.82, 2.24) is 5.32 Å². The molecule has 82 valence electrons. The molecular weight excluding hydrogens is 193 g/mol. The highest BCUT2D eigenvalue weighted by Crippen LogP contribution is 2.24. The summed E-state index contributed by atoms with van der Waals surface area (Å²) in [6.45, 7) is 6.11. The van der Waals surface area contributed by atoms with Gasteiger partial charge in [-0.25, -0.2) is 4.39 Å². The van der Waals surface area contributed by atoms with Crippen molar-refractivity contribution in [2.75, 3.05) is 19.7 Å². The van der Waals surface area contributed by atoms with E-state index in [2.05, 4.69) is 5.32 Å². The summed E-state index contributed by atoms with van der Waals surface area (Å²) in [5, 5.41) is 3.20. The molecule has 0 aromatic heterocycles. The summed E-state index contributed by atoms with van der Waals surface area (Å²) in [7, 11) is 0. The Bertz CT molecular complexity index is 359. The molecule has 0 bridgehead atoms. The maximum Gasteiger partial charge on any atom is 0.129 e. The summed E-state index contributed by atoms with van der Waals surface area (Å²) in [6.07, 6.45) is -0.141. The highest BCUT2D eigenvalue weighted by Gasteiger charge is 2.19. The minimum atomic E-state index is -0.160. The molecule has 0 saturated carbocycles. The first-order valence-corrected chi connectivity index (χ1v) is 5.27. The Balaban J connectivity index is 2.30. The second-order valence-corrected chi connectivity index (χ2v) is 4.02. The molecule has 2 rings (SSSR count). The summed E-state index contributed by atoms with van der Waals surface area (Å²) in [5.41, 5.74) is 2.77. The van der Waals surface area contributed by atoms with E-state index in [1.807, 2.05) is 19.9 Å². The summed E-state index contributed by atoms with van der Waals surface area (Å²) in [4.78, 5) is 0. The third kappa shape index (κ3) is 2.19. The van der Waals surface area contributed by atoms with E-state index in [1.54, 1.807) is 6.07 Å². The number of benzene rings is 1. The van der Waals surface area contributed by atoms with Crippen LogP contribution in [0, 0.1) is 19.7 Å². The van der Waals surface area contributed by atoms with Crippen LogP contribution in [0.3, 0.4) is 0 Å². The van der Waals surface area contributed by atoms with Crippen molar-refractivity contribution in [2.45, 2.75) is 20.0 Å². The van der Waals surface area contributed by atoms with Gasteiger partial charge in [0.15, 0.2) is 0 Å². The first-order valence-electron chi connectivity index (χ1n) is 5.27. The summed E-state index contributed by atoms with van der Waals surface area (Å²) in [5.74, 6) is -0.160. The van der Waals surface area contributed by atoms with Gasteiger partial charge in [0.1, 0.15) is 5.82 Å². The van der Waals surface area contributed by atoms with Gasteiger partial charge in [0.05, 0.1) is 12.7 Å². The quantitative estimate of drug-likeness (QED) is 0.764. The van der Waals surface area contributed by atoms with Crippen molar-refractivity contribution in [1.29, 1.82) is 0 Å². The molecule has 1 N–H and O–H groups in total. The maximum absolute atomic E-state index is 13.7. The molecule has 1 atom stereocenters. The van der Waals surface area contributed by atoms with Crippen LogP contribution >= 0.6 is 0 Å². The zero-order valence-corrected chi connectivity index (χ0v) is 9.14. The predicted octanol–water partition coefficient (Wildman–Crippen LogP) is 2.10. The van der Waals surface area contributed by atoms with E-state index in [0.717, 1.165) is 17.7 Å². The van der Waals surface area contributed by atoms with Crippen molar-refractivity contribution in [3.63, 3.8) is 0 Å². The van der Waals surface area contributed by atoms with E-state index in [1.165, 1.54) is 0 Å². The molecule has 1 aliphatic rings. The Labute approximate surface area is 89.4 Å². The van der Waals surface area contributed by atoms with E-state index in [0.29, 0.717) is 18.7 Å². The lowest BCUT2D eigenvalue weighted by Gasteiger charge is -2.24. The molecule has 1 aliphatic heterocycles. The molecule has 15 heavy (non-hydrogen) atoms. The molecule has 1 aromatic rings. The van der Waals surface area contributed by atoms with Crippen LogP contribution in [0.4, 0.5) is 4.39 Å². The highest BCUT2D eigenvalue weighted by molar-refractivity contribution is 5.32. The molecule has 0 radical (unpaired) electrons. The monoisotopic (exact) mass is 209 g/mol. The lowest BCUT2D eigenvalue weighted by molar-refractivity contribution is 0.0255. The zero-order valence-electron chi connectivity index (χ0n) is 9.14. The second-order valence-electron chi connectivity index (χ2n) is 4.02. The zero-order chi connectivity index (χ0) is 10.8. The van der Waals surface area contributed by atoms with Gasteiger partial charge in [-0.05, 0) is 31.0 Å². The Hall–Kier alpha value is -0.930. The molecule has 1 saturated heterocycles. The Kier molecular flexibility index (Phi) is 3.03. The smallest absolute Gasteiger partial charge is 0.129 e. The maximum atomic E-state index is 13.7. The van der Waals surface area contributed by atoms with Gasteiger partial charge in [0.25, 0.3) is 0 Å². The summed E-state index contributed by atoms with van der Waals surface area (Å²) >= 11 is 0. The van der Waals surface area contributed by atoms with Gasteiger partial charge in [0, 0.05) is 18.7 Å². The Morgan fingerprint density at radius 3 is 2.73 bits per heavy atom. The van der Waals surface area contributed by atoms with Gasteiger partial charge >= 0.3 is 0 Å². The van der Waals surface area contributed by atoms with Crippen molar-refractivity contribution >= 4 is 0 Å². The molecule has 0 spiro atoms. The molecule has 1 heterocycles. The number of rotatable bonds is 1.